The molecule has 2 aromatic carbocycles. The number of benzene rings is 2. The van der Waals surface area contributed by atoms with Crippen LogP contribution < -0.4 is 10.6 Å². The summed E-state index contributed by atoms with van der Waals surface area (Å²) in [5.74, 6) is -0.574. The standard InChI is InChI=1S/C15H13Cl2FN2O/c16-11-6-4-10(5-7-11)8-9-19-15(21)20-14-12(17)2-1-3-13(14)18/h1-7H,8-9H2,(H2,19,20,21). The van der Waals surface area contributed by atoms with Crippen molar-refractivity contribution in [3.05, 3.63) is 63.9 Å². The lowest BCUT2D eigenvalue weighted by Gasteiger charge is -2.09. The maximum absolute atomic E-state index is 13.5. The van der Waals surface area contributed by atoms with E-state index in [2.05, 4.69) is 10.6 Å². The van der Waals surface area contributed by atoms with Gasteiger partial charge in [-0.15, -0.1) is 0 Å². The van der Waals surface area contributed by atoms with E-state index in [1.165, 1.54) is 18.2 Å². The molecule has 0 aliphatic rings. The molecule has 3 nitrogen and oxygen atoms in total. The summed E-state index contributed by atoms with van der Waals surface area (Å²) < 4.78 is 13.5. The molecule has 2 N–H and O–H groups in total. The summed E-state index contributed by atoms with van der Waals surface area (Å²) in [6, 6.07) is 11.1. The molecule has 0 radical (unpaired) electrons. The van der Waals surface area contributed by atoms with Crippen LogP contribution in [0.25, 0.3) is 0 Å². The second-order valence-electron chi connectivity index (χ2n) is 4.35. The molecular formula is C15H13Cl2FN2O. The van der Waals surface area contributed by atoms with Crippen LogP contribution in [0.15, 0.2) is 42.5 Å². The average Bonchev–Trinajstić information content (AvgIpc) is 2.45. The summed E-state index contributed by atoms with van der Waals surface area (Å²) in [5.41, 5.74) is 1.02. The van der Waals surface area contributed by atoms with Crippen molar-refractivity contribution in [2.75, 3.05) is 11.9 Å². The lowest BCUT2D eigenvalue weighted by atomic mass is 10.1. The monoisotopic (exact) mass is 326 g/mol. The fourth-order valence-corrected chi connectivity index (χ4v) is 2.08. The summed E-state index contributed by atoms with van der Waals surface area (Å²) in [7, 11) is 0. The van der Waals surface area contributed by atoms with E-state index in [1.807, 2.05) is 12.1 Å². The Morgan fingerprint density at radius 2 is 1.81 bits per heavy atom. The van der Waals surface area contributed by atoms with Crippen LogP contribution >= 0.6 is 23.2 Å². The molecule has 0 unspecified atom stereocenters. The summed E-state index contributed by atoms with van der Waals surface area (Å²) in [5, 5.41) is 5.86. The van der Waals surface area contributed by atoms with E-state index in [-0.39, 0.29) is 10.7 Å². The van der Waals surface area contributed by atoms with Crippen molar-refractivity contribution in [3.63, 3.8) is 0 Å². The van der Waals surface area contributed by atoms with Gasteiger partial charge in [-0.1, -0.05) is 41.4 Å². The quantitative estimate of drug-likeness (QED) is 0.853. The van der Waals surface area contributed by atoms with E-state index < -0.39 is 11.8 Å². The average molecular weight is 327 g/mol. The highest BCUT2D eigenvalue weighted by Crippen LogP contribution is 2.24. The van der Waals surface area contributed by atoms with Crippen molar-refractivity contribution in [2.24, 2.45) is 0 Å². The van der Waals surface area contributed by atoms with E-state index in [4.69, 9.17) is 23.2 Å². The smallest absolute Gasteiger partial charge is 0.319 e. The van der Waals surface area contributed by atoms with Crippen LogP contribution in [0.5, 0.6) is 0 Å². The molecule has 0 aliphatic carbocycles. The normalized spacial score (nSPS) is 10.2. The van der Waals surface area contributed by atoms with Crippen LogP contribution in [-0.2, 0) is 6.42 Å². The van der Waals surface area contributed by atoms with Gasteiger partial charge in [-0.05, 0) is 36.2 Å². The molecule has 6 heteroatoms. The van der Waals surface area contributed by atoms with Gasteiger partial charge in [-0.25, -0.2) is 9.18 Å². The molecule has 2 aromatic rings. The Hall–Kier alpha value is -1.78. The van der Waals surface area contributed by atoms with Crippen molar-refractivity contribution in [1.82, 2.24) is 5.32 Å². The summed E-state index contributed by atoms with van der Waals surface area (Å²) >= 11 is 11.6. The van der Waals surface area contributed by atoms with Gasteiger partial charge in [0.05, 0.1) is 10.7 Å². The molecule has 0 saturated carbocycles. The van der Waals surface area contributed by atoms with Gasteiger partial charge in [0.25, 0.3) is 0 Å². The number of hydrogen-bond donors (Lipinski definition) is 2. The van der Waals surface area contributed by atoms with Crippen LogP contribution in [0.2, 0.25) is 10.0 Å². The van der Waals surface area contributed by atoms with Crippen LogP contribution in [0, 0.1) is 5.82 Å². The van der Waals surface area contributed by atoms with Gasteiger partial charge in [0.15, 0.2) is 0 Å². The number of amides is 2. The Morgan fingerprint density at radius 1 is 1.10 bits per heavy atom. The maximum atomic E-state index is 13.5. The SMILES string of the molecule is O=C(NCCc1ccc(Cl)cc1)Nc1c(F)cccc1Cl. The van der Waals surface area contributed by atoms with Crippen LogP contribution in [0.1, 0.15) is 5.56 Å². The minimum absolute atomic E-state index is 0.0249. The van der Waals surface area contributed by atoms with Gasteiger partial charge in [-0.3, -0.25) is 0 Å². The number of halogens is 3. The third kappa shape index (κ3) is 4.62. The predicted octanol–water partition coefficient (Wildman–Crippen LogP) is 4.50. The van der Waals surface area contributed by atoms with Gasteiger partial charge in [0.2, 0.25) is 0 Å². The number of urea groups is 1. The van der Waals surface area contributed by atoms with Crippen molar-refractivity contribution in [1.29, 1.82) is 0 Å². The van der Waals surface area contributed by atoms with E-state index in [0.717, 1.165) is 5.56 Å². The molecule has 0 aromatic heterocycles. The van der Waals surface area contributed by atoms with Crippen molar-refractivity contribution in [2.45, 2.75) is 6.42 Å². The first kappa shape index (κ1) is 15.6. The highest BCUT2D eigenvalue weighted by molar-refractivity contribution is 6.33. The highest BCUT2D eigenvalue weighted by atomic mass is 35.5. The van der Waals surface area contributed by atoms with Gasteiger partial charge >= 0.3 is 6.03 Å². The Labute approximate surface area is 132 Å². The zero-order valence-electron chi connectivity index (χ0n) is 11.0. The molecule has 0 heterocycles. The van der Waals surface area contributed by atoms with Crippen LogP contribution in [0.4, 0.5) is 14.9 Å². The largest absolute Gasteiger partial charge is 0.338 e. The first-order valence-electron chi connectivity index (χ1n) is 6.29. The molecule has 110 valence electrons. The molecule has 2 rings (SSSR count). The molecule has 0 fully saturated rings. The number of rotatable bonds is 4. The Bertz CT molecular complexity index is 612. The minimum atomic E-state index is -0.574. The second kappa shape index (κ2) is 7.29. The van der Waals surface area contributed by atoms with E-state index >= 15 is 0 Å². The minimum Gasteiger partial charge on any atom is -0.338 e. The first-order valence-corrected chi connectivity index (χ1v) is 7.05. The topological polar surface area (TPSA) is 41.1 Å². The van der Waals surface area contributed by atoms with E-state index in [1.54, 1.807) is 12.1 Å². The Balaban J connectivity index is 1.84. The summed E-state index contributed by atoms with van der Waals surface area (Å²) in [6.45, 7) is 0.416. The molecule has 21 heavy (non-hydrogen) atoms. The highest BCUT2D eigenvalue weighted by Gasteiger charge is 2.09. The van der Waals surface area contributed by atoms with Gasteiger partial charge < -0.3 is 10.6 Å². The van der Waals surface area contributed by atoms with Crippen molar-refractivity contribution < 1.29 is 9.18 Å². The number of carbonyl (C=O) groups is 1. The number of para-hydroxylation sites is 1. The van der Waals surface area contributed by atoms with Crippen molar-refractivity contribution in [3.8, 4) is 0 Å². The lowest BCUT2D eigenvalue weighted by molar-refractivity contribution is 0.252. The molecule has 0 bridgehead atoms. The molecule has 0 spiro atoms. The number of hydrogen-bond acceptors (Lipinski definition) is 1. The van der Waals surface area contributed by atoms with E-state index in [0.29, 0.717) is 18.0 Å². The Morgan fingerprint density at radius 3 is 2.48 bits per heavy atom. The fourth-order valence-electron chi connectivity index (χ4n) is 1.75. The predicted molar refractivity (Wildman–Crippen MR) is 83.6 cm³/mol. The van der Waals surface area contributed by atoms with Gasteiger partial charge in [-0.2, -0.15) is 0 Å². The summed E-state index contributed by atoms with van der Waals surface area (Å²) in [4.78, 5) is 11.7. The van der Waals surface area contributed by atoms with Gasteiger partial charge in [0.1, 0.15) is 5.82 Å². The molecule has 2 amide bonds. The molecular weight excluding hydrogens is 314 g/mol. The summed E-state index contributed by atoms with van der Waals surface area (Å²) in [6.07, 6.45) is 0.648. The third-order valence-electron chi connectivity index (χ3n) is 2.81. The number of anilines is 1. The molecule has 0 aliphatic heterocycles. The number of carbonyl (C=O) groups excluding carboxylic acids is 1. The second-order valence-corrected chi connectivity index (χ2v) is 5.20. The number of nitrogens with one attached hydrogen (secondary N) is 2. The van der Waals surface area contributed by atoms with Gasteiger partial charge in [0, 0.05) is 11.6 Å². The fraction of sp³-hybridized carbons (Fsp3) is 0.133. The van der Waals surface area contributed by atoms with E-state index in [9.17, 15) is 9.18 Å². The molecule has 0 atom stereocenters. The first-order chi connectivity index (χ1) is 10.1. The zero-order valence-corrected chi connectivity index (χ0v) is 12.5. The van der Waals surface area contributed by atoms with Crippen LogP contribution in [-0.4, -0.2) is 12.6 Å². The third-order valence-corrected chi connectivity index (χ3v) is 3.38. The van der Waals surface area contributed by atoms with Crippen molar-refractivity contribution >= 4 is 34.9 Å². The maximum Gasteiger partial charge on any atom is 0.319 e. The molecule has 0 saturated heterocycles. The lowest BCUT2D eigenvalue weighted by Crippen LogP contribution is -2.30. The Kier molecular flexibility index (Phi) is 5.42. The zero-order chi connectivity index (χ0) is 15.2. The van der Waals surface area contributed by atoms with Crippen LogP contribution in [0.3, 0.4) is 0 Å².